The van der Waals surface area contributed by atoms with E-state index in [1.807, 2.05) is 6.92 Å². The van der Waals surface area contributed by atoms with Gasteiger partial charge >= 0.3 is 0 Å². The van der Waals surface area contributed by atoms with Crippen molar-refractivity contribution < 1.29 is 9.90 Å². The zero-order valence-corrected chi connectivity index (χ0v) is 8.21. The van der Waals surface area contributed by atoms with Gasteiger partial charge in [-0.2, -0.15) is 0 Å². The van der Waals surface area contributed by atoms with E-state index in [4.69, 9.17) is 5.11 Å². The third-order valence-electron chi connectivity index (χ3n) is 2.51. The lowest BCUT2D eigenvalue weighted by Gasteiger charge is -2.31. The molecule has 0 spiro atoms. The zero-order valence-electron chi connectivity index (χ0n) is 8.21. The van der Waals surface area contributed by atoms with Gasteiger partial charge < -0.3 is 15.7 Å². The quantitative estimate of drug-likeness (QED) is 0.546. The minimum absolute atomic E-state index is 0.0485. The Hall–Kier alpha value is -0.610. The van der Waals surface area contributed by atoms with Gasteiger partial charge in [0.1, 0.15) is 0 Å². The van der Waals surface area contributed by atoms with Crippen molar-refractivity contribution in [1.29, 1.82) is 0 Å². The maximum Gasteiger partial charge on any atom is 0.223 e. The lowest BCUT2D eigenvalue weighted by atomic mass is 9.88. The van der Waals surface area contributed by atoms with Crippen molar-refractivity contribution in [3.63, 3.8) is 0 Å². The van der Waals surface area contributed by atoms with Crippen molar-refractivity contribution >= 4 is 5.91 Å². The summed E-state index contributed by atoms with van der Waals surface area (Å²) in [6, 6.07) is 0. The monoisotopic (exact) mass is 186 g/mol. The Morgan fingerprint density at radius 2 is 2.23 bits per heavy atom. The van der Waals surface area contributed by atoms with E-state index in [9.17, 15) is 4.79 Å². The fraction of sp³-hybridized carbons (Fsp3) is 0.889. The summed E-state index contributed by atoms with van der Waals surface area (Å²) >= 11 is 0. The van der Waals surface area contributed by atoms with Gasteiger partial charge in [0.25, 0.3) is 0 Å². The molecule has 0 aromatic rings. The molecule has 76 valence electrons. The lowest BCUT2D eigenvalue weighted by Crippen LogP contribution is -2.50. The van der Waals surface area contributed by atoms with Gasteiger partial charge in [-0.1, -0.05) is 6.92 Å². The normalized spacial score (nSPS) is 21.8. The first-order chi connectivity index (χ1) is 6.11. The van der Waals surface area contributed by atoms with Gasteiger partial charge in [-0.3, -0.25) is 4.79 Å². The van der Waals surface area contributed by atoms with Crippen LogP contribution in [0.1, 0.15) is 13.8 Å². The van der Waals surface area contributed by atoms with Crippen molar-refractivity contribution in [2.24, 2.45) is 11.8 Å². The SMILES string of the molecule is CC(O)CNC(=O)C(C)C1CNC1. The zero-order chi connectivity index (χ0) is 9.84. The Labute approximate surface area is 78.7 Å². The molecular formula is C9H18N2O2. The molecule has 4 nitrogen and oxygen atoms in total. The first-order valence-corrected chi connectivity index (χ1v) is 4.77. The fourth-order valence-corrected chi connectivity index (χ4v) is 1.29. The Morgan fingerprint density at radius 3 is 2.62 bits per heavy atom. The molecule has 2 atom stereocenters. The van der Waals surface area contributed by atoms with Gasteiger partial charge in [0, 0.05) is 12.5 Å². The first-order valence-electron chi connectivity index (χ1n) is 4.77. The molecule has 13 heavy (non-hydrogen) atoms. The van der Waals surface area contributed by atoms with Crippen LogP contribution in [0.2, 0.25) is 0 Å². The Balaban J connectivity index is 2.21. The molecule has 0 saturated carbocycles. The van der Waals surface area contributed by atoms with Crippen LogP contribution >= 0.6 is 0 Å². The Bertz CT molecular complexity index is 178. The Kier molecular flexibility index (Phi) is 3.69. The molecule has 0 aromatic carbocycles. The molecule has 1 saturated heterocycles. The number of aliphatic hydroxyl groups is 1. The van der Waals surface area contributed by atoms with Crippen LogP contribution < -0.4 is 10.6 Å². The second-order valence-electron chi connectivity index (χ2n) is 3.80. The number of amides is 1. The third-order valence-corrected chi connectivity index (χ3v) is 2.51. The molecule has 1 heterocycles. The predicted octanol–water partition coefficient (Wildman–Crippen LogP) is -0.661. The predicted molar refractivity (Wildman–Crippen MR) is 50.2 cm³/mol. The molecule has 3 N–H and O–H groups in total. The summed E-state index contributed by atoms with van der Waals surface area (Å²) in [5.74, 6) is 0.571. The minimum atomic E-state index is -0.462. The highest BCUT2D eigenvalue weighted by Gasteiger charge is 2.28. The Morgan fingerprint density at radius 1 is 1.62 bits per heavy atom. The summed E-state index contributed by atoms with van der Waals surface area (Å²) in [6.07, 6.45) is -0.462. The van der Waals surface area contributed by atoms with E-state index in [0.29, 0.717) is 12.5 Å². The second-order valence-corrected chi connectivity index (χ2v) is 3.80. The highest BCUT2D eigenvalue weighted by Crippen LogP contribution is 2.15. The van der Waals surface area contributed by atoms with Crippen LogP contribution in [0.4, 0.5) is 0 Å². The van der Waals surface area contributed by atoms with Crippen molar-refractivity contribution in [3.8, 4) is 0 Å². The summed E-state index contributed by atoms with van der Waals surface area (Å²) in [5, 5.41) is 14.8. The summed E-state index contributed by atoms with van der Waals surface area (Å²) in [4.78, 5) is 11.4. The summed E-state index contributed by atoms with van der Waals surface area (Å²) in [5.41, 5.74) is 0. The number of nitrogens with one attached hydrogen (secondary N) is 2. The minimum Gasteiger partial charge on any atom is -0.392 e. The van der Waals surface area contributed by atoms with Crippen molar-refractivity contribution in [2.75, 3.05) is 19.6 Å². The van der Waals surface area contributed by atoms with E-state index in [1.165, 1.54) is 0 Å². The van der Waals surface area contributed by atoms with E-state index >= 15 is 0 Å². The van der Waals surface area contributed by atoms with Crippen LogP contribution in [0.15, 0.2) is 0 Å². The third kappa shape index (κ3) is 2.97. The summed E-state index contributed by atoms with van der Waals surface area (Å²) in [7, 11) is 0. The molecule has 0 aliphatic carbocycles. The second kappa shape index (κ2) is 4.58. The van der Waals surface area contributed by atoms with Crippen LogP contribution in [-0.4, -0.2) is 36.8 Å². The molecular weight excluding hydrogens is 168 g/mol. The molecule has 0 radical (unpaired) electrons. The molecule has 1 rings (SSSR count). The van der Waals surface area contributed by atoms with Crippen LogP contribution in [-0.2, 0) is 4.79 Å². The van der Waals surface area contributed by atoms with Gasteiger partial charge in [-0.25, -0.2) is 0 Å². The topological polar surface area (TPSA) is 61.4 Å². The lowest BCUT2D eigenvalue weighted by molar-refractivity contribution is -0.127. The maximum atomic E-state index is 11.4. The number of hydrogen-bond acceptors (Lipinski definition) is 3. The highest BCUT2D eigenvalue weighted by molar-refractivity contribution is 5.78. The average molecular weight is 186 g/mol. The largest absolute Gasteiger partial charge is 0.392 e. The van der Waals surface area contributed by atoms with E-state index in [1.54, 1.807) is 6.92 Å². The van der Waals surface area contributed by atoms with E-state index < -0.39 is 6.10 Å². The van der Waals surface area contributed by atoms with Crippen LogP contribution in [0, 0.1) is 11.8 Å². The van der Waals surface area contributed by atoms with Gasteiger partial charge in [-0.05, 0) is 25.9 Å². The smallest absolute Gasteiger partial charge is 0.223 e. The van der Waals surface area contributed by atoms with E-state index in [0.717, 1.165) is 13.1 Å². The maximum absolute atomic E-state index is 11.4. The molecule has 0 aromatic heterocycles. The van der Waals surface area contributed by atoms with Gasteiger partial charge in [0.15, 0.2) is 0 Å². The average Bonchev–Trinajstić information content (AvgIpc) is 1.96. The van der Waals surface area contributed by atoms with Crippen LogP contribution in [0.5, 0.6) is 0 Å². The molecule has 1 aliphatic heterocycles. The summed E-state index contributed by atoms with van der Waals surface area (Å²) < 4.78 is 0. The first kappa shape index (κ1) is 10.5. The molecule has 1 fully saturated rings. The van der Waals surface area contributed by atoms with Crippen LogP contribution in [0.25, 0.3) is 0 Å². The van der Waals surface area contributed by atoms with Crippen molar-refractivity contribution in [1.82, 2.24) is 10.6 Å². The summed E-state index contributed by atoms with van der Waals surface area (Å²) in [6.45, 7) is 5.81. The highest BCUT2D eigenvalue weighted by atomic mass is 16.3. The number of carbonyl (C=O) groups is 1. The standard InChI is InChI=1S/C9H18N2O2/c1-6(12)3-11-9(13)7(2)8-4-10-5-8/h6-8,10,12H,3-5H2,1-2H3,(H,11,13). The molecule has 1 aliphatic rings. The molecule has 0 bridgehead atoms. The molecule has 2 unspecified atom stereocenters. The van der Waals surface area contributed by atoms with Crippen molar-refractivity contribution in [3.05, 3.63) is 0 Å². The van der Waals surface area contributed by atoms with Gasteiger partial charge in [-0.15, -0.1) is 0 Å². The van der Waals surface area contributed by atoms with E-state index in [2.05, 4.69) is 10.6 Å². The van der Waals surface area contributed by atoms with Crippen molar-refractivity contribution in [2.45, 2.75) is 20.0 Å². The fourth-order valence-electron chi connectivity index (χ4n) is 1.29. The number of hydrogen-bond donors (Lipinski definition) is 3. The number of carbonyl (C=O) groups excluding carboxylic acids is 1. The van der Waals surface area contributed by atoms with Gasteiger partial charge in [0.2, 0.25) is 5.91 Å². The van der Waals surface area contributed by atoms with Gasteiger partial charge in [0.05, 0.1) is 6.10 Å². The van der Waals surface area contributed by atoms with E-state index in [-0.39, 0.29) is 11.8 Å². The number of rotatable bonds is 4. The van der Waals surface area contributed by atoms with Crippen LogP contribution in [0.3, 0.4) is 0 Å². The number of aliphatic hydroxyl groups excluding tert-OH is 1. The molecule has 4 heteroatoms. The molecule has 1 amide bonds.